The number of methoxy groups -OCH3 is 1. The van der Waals surface area contributed by atoms with Crippen molar-refractivity contribution in [2.75, 3.05) is 12.4 Å². The van der Waals surface area contributed by atoms with Crippen molar-refractivity contribution in [2.45, 2.75) is 18.3 Å². The third-order valence-electron chi connectivity index (χ3n) is 4.87. The number of nitrogens with one attached hydrogen (secondary N) is 1. The van der Waals surface area contributed by atoms with E-state index in [1.165, 1.54) is 12.7 Å². The lowest BCUT2D eigenvalue weighted by Crippen LogP contribution is -2.18. The maximum Gasteiger partial charge on any atom is 0.339 e. The van der Waals surface area contributed by atoms with Crippen molar-refractivity contribution in [1.29, 1.82) is 0 Å². The number of fused-ring (bicyclic) bond motifs is 1. The number of alkyl halides is 1. The van der Waals surface area contributed by atoms with Crippen molar-refractivity contribution in [3.63, 3.8) is 0 Å². The molecule has 0 saturated carbocycles. The number of anilines is 1. The van der Waals surface area contributed by atoms with Crippen LogP contribution in [0.3, 0.4) is 0 Å². The minimum atomic E-state index is -0.391. The Hall–Kier alpha value is -2.98. The van der Waals surface area contributed by atoms with Crippen LogP contribution in [0.1, 0.15) is 12.0 Å². The van der Waals surface area contributed by atoms with Crippen molar-refractivity contribution < 1.29 is 9.53 Å². The SMILES string of the molecule is COC(=O)C1=CC(Cl)CC=C1Nc1cccc2c1ccn2Cc1ccccc1. The van der Waals surface area contributed by atoms with E-state index in [1.54, 1.807) is 6.08 Å². The first-order chi connectivity index (χ1) is 13.7. The molecule has 1 N–H and O–H groups in total. The quantitative estimate of drug-likeness (QED) is 0.485. The summed E-state index contributed by atoms with van der Waals surface area (Å²) in [6.07, 6.45) is 6.44. The lowest BCUT2D eigenvalue weighted by molar-refractivity contribution is -0.135. The van der Waals surface area contributed by atoms with E-state index in [2.05, 4.69) is 40.3 Å². The molecule has 3 aromatic rings. The lowest BCUT2D eigenvalue weighted by Gasteiger charge is -2.19. The van der Waals surface area contributed by atoms with E-state index in [0.717, 1.165) is 28.8 Å². The maximum atomic E-state index is 12.1. The Morgan fingerprint density at radius 1 is 1.18 bits per heavy atom. The highest BCUT2D eigenvalue weighted by Crippen LogP contribution is 2.30. The van der Waals surface area contributed by atoms with Gasteiger partial charge in [-0.05, 0) is 36.3 Å². The summed E-state index contributed by atoms with van der Waals surface area (Å²) in [7, 11) is 1.38. The minimum absolute atomic E-state index is 0.206. The predicted octanol–water partition coefficient (Wildman–Crippen LogP) is 5.10. The fourth-order valence-electron chi connectivity index (χ4n) is 3.48. The van der Waals surface area contributed by atoms with E-state index in [0.29, 0.717) is 12.0 Å². The molecular formula is C23H21ClN2O2. The molecule has 0 bridgehead atoms. The molecule has 1 aliphatic rings. The Balaban J connectivity index is 1.65. The van der Waals surface area contributed by atoms with E-state index < -0.39 is 5.97 Å². The van der Waals surface area contributed by atoms with E-state index in [4.69, 9.17) is 16.3 Å². The number of hydrogen-bond acceptors (Lipinski definition) is 3. The fraction of sp³-hybridized carbons (Fsp3) is 0.174. The van der Waals surface area contributed by atoms with Gasteiger partial charge < -0.3 is 14.6 Å². The first kappa shape index (κ1) is 18.4. The van der Waals surface area contributed by atoms with E-state index >= 15 is 0 Å². The van der Waals surface area contributed by atoms with E-state index in [1.807, 2.05) is 36.4 Å². The van der Waals surface area contributed by atoms with Crippen molar-refractivity contribution in [3.8, 4) is 0 Å². The Morgan fingerprint density at radius 2 is 2.00 bits per heavy atom. The third kappa shape index (κ3) is 3.69. The van der Waals surface area contributed by atoms with Gasteiger partial charge in [-0.25, -0.2) is 4.79 Å². The number of ether oxygens (including phenoxy) is 1. The number of carbonyl (C=O) groups is 1. The van der Waals surface area contributed by atoms with Gasteiger partial charge in [-0.2, -0.15) is 0 Å². The van der Waals surface area contributed by atoms with Crippen LogP contribution < -0.4 is 5.32 Å². The van der Waals surface area contributed by atoms with Crippen LogP contribution in [-0.4, -0.2) is 23.0 Å². The van der Waals surface area contributed by atoms with Crippen LogP contribution in [-0.2, 0) is 16.1 Å². The molecular weight excluding hydrogens is 372 g/mol. The third-order valence-corrected chi connectivity index (χ3v) is 5.17. The number of halogens is 1. The van der Waals surface area contributed by atoms with Crippen LogP contribution in [0.15, 0.2) is 84.2 Å². The average Bonchev–Trinajstić information content (AvgIpc) is 3.13. The largest absolute Gasteiger partial charge is 0.465 e. The zero-order valence-corrected chi connectivity index (χ0v) is 16.3. The second kappa shape index (κ2) is 7.95. The van der Waals surface area contributed by atoms with Crippen molar-refractivity contribution in [3.05, 3.63) is 89.8 Å². The number of allylic oxidation sites excluding steroid dienone is 2. The van der Waals surface area contributed by atoms with Gasteiger partial charge in [0.2, 0.25) is 0 Å². The van der Waals surface area contributed by atoms with E-state index in [-0.39, 0.29) is 5.38 Å². The van der Waals surface area contributed by atoms with Crippen molar-refractivity contribution in [2.24, 2.45) is 0 Å². The summed E-state index contributed by atoms with van der Waals surface area (Å²) in [5, 5.41) is 4.29. The summed E-state index contributed by atoms with van der Waals surface area (Å²) in [5.41, 5.74) is 4.52. The molecule has 1 atom stereocenters. The highest BCUT2D eigenvalue weighted by atomic mass is 35.5. The molecule has 1 unspecified atom stereocenters. The number of rotatable bonds is 5. The van der Waals surface area contributed by atoms with Gasteiger partial charge in [-0.1, -0.05) is 42.5 Å². The highest BCUT2D eigenvalue weighted by molar-refractivity contribution is 6.22. The fourth-order valence-corrected chi connectivity index (χ4v) is 3.70. The topological polar surface area (TPSA) is 43.3 Å². The van der Waals surface area contributed by atoms with Crippen LogP contribution in [0, 0.1) is 0 Å². The number of hydrogen-bond donors (Lipinski definition) is 1. The Morgan fingerprint density at radius 3 is 2.79 bits per heavy atom. The van der Waals surface area contributed by atoms with Gasteiger partial charge in [0.15, 0.2) is 0 Å². The molecule has 5 heteroatoms. The predicted molar refractivity (Wildman–Crippen MR) is 114 cm³/mol. The van der Waals surface area contributed by atoms with Gasteiger partial charge in [0.25, 0.3) is 0 Å². The van der Waals surface area contributed by atoms with Gasteiger partial charge >= 0.3 is 5.97 Å². The normalized spacial score (nSPS) is 16.4. The molecule has 1 aromatic heterocycles. The number of carbonyl (C=O) groups excluding carboxylic acids is 1. The minimum Gasteiger partial charge on any atom is -0.465 e. The summed E-state index contributed by atoms with van der Waals surface area (Å²) in [5.74, 6) is -0.391. The molecule has 0 saturated heterocycles. The van der Waals surface area contributed by atoms with Crippen molar-refractivity contribution in [1.82, 2.24) is 4.57 Å². The Bertz CT molecular complexity index is 1070. The summed E-state index contributed by atoms with van der Waals surface area (Å²) in [4.78, 5) is 12.1. The maximum absolute atomic E-state index is 12.1. The zero-order valence-electron chi connectivity index (χ0n) is 15.6. The number of benzene rings is 2. The smallest absolute Gasteiger partial charge is 0.339 e. The van der Waals surface area contributed by atoms with Gasteiger partial charge in [-0.3, -0.25) is 0 Å². The molecule has 1 heterocycles. The standard InChI is InChI=1S/C23H21ClN2O2/c1-28-23(27)19-14-17(24)10-11-21(19)25-20-8-5-9-22-18(20)12-13-26(22)15-16-6-3-2-4-7-16/h2-9,11-14,17,25H,10,15H2,1H3. The monoisotopic (exact) mass is 392 g/mol. The molecule has 4 nitrogen and oxygen atoms in total. The lowest BCUT2D eigenvalue weighted by atomic mass is 10.0. The van der Waals surface area contributed by atoms with Gasteiger partial charge in [0.1, 0.15) is 0 Å². The summed E-state index contributed by atoms with van der Waals surface area (Å²) < 4.78 is 7.13. The van der Waals surface area contributed by atoms with Crippen LogP contribution in [0.2, 0.25) is 0 Å². The Kier molecular flexibility index (Phi) is 5.22. The Labute approximate surface area is 169 Å². The van der Waals surface area contributed by atoms with Crippen LogP contribution in [0.4, 0.5) is 5.69 Å². The highest BCUT2D eigenvalue weighted by Gasteiger charge is 2.21. The second-order valence-electron chi connectivity index (χ2n) is 6.73. The van der Waals surface area contributed by atoms with Gasteiger partial charge in [0, 0.05) is 29.5 Å². The zero-order chi connectivity index (χ0) is 19.5. The van der Waals surface area contributed by atoms with Crippen molar-refractivity contribution >= 4 is 34.2 Å². The van der Waals surface area contributed by atoms with Gasteiger partial charge in [0.05, 0.1) is 23.6 Å². The second-order valence-corrected chi connectivity index (χ2v) is 7.29. The number of nitrogens with zero attached hydrogens (tertiary/aromatic N) is 1. The summed E-state index contributed by atoms with van der Waals surface area (Å²) in [6, 6.07) is 18.6. The number of esters is 1. The first-order valence-corrected chi connectivity index (χ1v) is 9.63. The van der Waals surface area contributed by atoms with Gasteiger partial charge in [-0.15, -0.1) is 11.6 Å². The first-order valence-electron chi connectivity index (χ1n) is 9.19. The molecule has 0 spiro atoms. The molecule has 28 heavy (non-hydrogen) atoms. The molecule has 2 aromatic carbocycles. The molecule has 0 amide bonds. The molecule has 0 fully saturated rings. The summed E-state index contributed by atoms with van der Waals surface area (Å²) in [6.45, 7) is 0.803. The molecule has 1 aliphatic carbocycles. The molecule has 142 valence electrons. The molecule has 4 rings (SSSR count). The molecule has 0 radical (unpaired) electrons. The van der Waals surface area contributed by atoms with E-state index in [9.17, 15) is 4.79 Å². The summed E-state index contributed by atoms with van der Waals surface area (Å²) >= 11 is 6.20. The van der Waals surface area contributed by atoms with Crippen LogP contribution in [0.25, 0.3) is 10.9 Å². The van der Waals surface area contributed by atoms with Crippen LogP contribution >= 0.6 is 11.6 Å². The van der Waals surface area contributed by atoms with Crippen LogP contribution in [0.5, 0.6) is 0 Å². The average molecular weight is 393 g/mol. The number of aromatic nitrogens is 1. The molecule has 0 aliphatic heterocycles.